The Balaban J connectivity index is 1.23. The van der Waals surface area contributed by atoms with Crippen LogP contribution in [0.3, 0.4) is 0 Å². The Bertz CT molecular complexity index is 1110. The van der Waals surface area contributed by atoms with E-state index in [4.69, 9.17) is 0 Å². The van der Waals surface area contributed by atoms with E-state index in [1.165, 1.54) is 22.2 Å². The van der Waals surface area contributed by atoms with Crippen molar-refractivity contribution in [1.29, 1.82) is 0 Å². The highest BCUT2D eigenvalue weighted by Gasteiger charge is 2.32. The van der Waals surface area contributed by atoms with Gasteiger partial charge in [0.2, 0.25) is 5.91 Å². The number of nitrogens with one attached hydrogen (secondary N) is 1. The number of nitrogens with zero attached hydrogens (tertiary/aromatic N) is 3. The molecule has 6 nitrogen and oxygen atoms in total. The maximum absolute atomic E-state index is 12.8. The van der Waals surface area contributed by atoms with Gasteiger partial charge in [-0.2, -0.15) is 0 Å². The van der Waals surface area contributed by atoms with Crippen LogP contribution in [0.5, 0.6) is 0 Å². The van der Waals surface area contributed by atoms with Crippen LogP contribution in [-0.4, -0.2) is 37.6 Å². The molecule has 0 bridgehead atoms. The minimum Gasteiger partial charge on any atom is -0.335 e. The summed E-state index contributed by atoms with van der Waals surface area (Å²) in [6.07, 6.45) is 8.86. The van der Waals surface area contributed by atoms with Crippen LogP contribution in [0.1, 0.15) is 41.1 Å². The molecule has 2 aliphatic rings. The lowest BCUT2D eigenvalue weighted by molar-refractivity contribution is -0.129. The molecule has 3 aromatic rings. The van der Waals surface area contributed by atoms with E-state index in [0.29, 0.717) is 29.9 Å². The van der Waals surface area contributed by atoms with Gasteiger partial charge in [-0.1, -0.05) is 0 Å². The summed E-state index contributed by atoms with van der Waals surface area (Å²) in [5, 5.41) is 0.782. The zero-order valence-electron chi connectivity index (χ0n) is 16.0. The number of aromatic nitrogens is 3. The second-order valence-electron chi connectivity index (χ2n) is 7.65. The molecule has 0 saturated heterocycles. The number of hydrogen-bond acceptors (Lipinski definition) is 6. The largest absolute Gasteiger partial charge is 0.335 e. The number of carbonyl (C=O) groups is 1. The quantitative estimate of drug-likeness (QED) is 0.627. The molecule has 0 unspecified atom stereocenters. The molecular weight excluding hydrogens is 404 g/mol. The maximum atomic E-state index is 12.8. The molecule has 1 saturated carbocycles. The van der Waals surface area contributed by atoms with E-state index in [0.717, 1.165) is 47.9 Å². The summed E-state index contributed by atoms with van der Waals surface area (Å²) >= 11 is 3.17. The molecule has 1 amide bonds. The molecule has 2 aliphatic carbocycles. The third-order valence-electron chi connectivity index (χ3n) is 5.50. The number of fused-ring (bicyclic) bond motifs is 3. The fourth-order valence-electron chi connectivity index (χ4n) is 3.93. The number of H-pyrrole nitrogens is 1. The van der Waals surface area contributed by atoms with Gasteiger partial charge in [0.25, 0.3) is 5.56 Å². The van der Waals surface area contributed by atoms with Crippen LogP contribution in [0.25, 0.3) is 10.2 Å². The molecule has 0 spiro atoms. The maximum Gasteiger partial charge on any atom is 0.259 e. The van der Waals surface area contributed by atoms with E-state index < -0.39 is 0 Å². The number of hydrogen-bond donors (Lipinski definition) is 1. The molecule has 1 fully saturated rings. The molecule has 8 heteroatoms. The van der Waals surface area contributed by atoms with E-state index in [-0.39, 0.29) is 11.5 Å². The second kappa shape index (κ2) is 7.91. The van der Waals surface area contributed by atoms with Crippen molar-refractivity contribution in [2.75, 3.05) is 5.75 Å². The summed E-state index contributed by atoms with van der Waals surface area (Å²) in [5.74, 6) is 1.73. The van der Waals surface area contributed by atoms with Crippen molar-refractivity contribution in [2.24, 2.45) is 0 Å². The first-order valence-corrected chi connectivity index (χ1v) is 12.0. The Labute approximate surface area is 176 Å². The lowest BCUT2D eigenvalue weighted by atomic mass is 10.2. The van der Waals surface area contributed by atoms with Crippen LogP contribution in [0.4, 0.5) is 0 Å². The van der Waals surface area contributed by atoms with E-state index in [9.17, 15) is 9.59 Å². The van der Waals surface area contributed by atoms with Crippen LogP contribution in [0.2, 0.25) is 0 Å². The van der Waals surface area contributed by atoms with E-state index in [1.54, 1.807) is 23.7 Å². The fourth-order valence-corrected chi connectivity index (χ4v) is 5.98. The monoisotopic (exact) mass is 426 g/mol. The first-order chi connectivity index (χ1) is 14.2. The molecule has 0 radical (unpaired) electrons. The number of thioether (sulfide) groups is 1. The lowest BCUT2D eigenvalue weighted by Gasteiger charge is -2.22. The van der Waals surface area contributed by atoms with Gasteiger partial charge in [-0.05, 0) is 55.4 Å². The highest BCUT2D eigenvalue weighted by atomic mass is 32.2. The number of rotatable bonds is 7. The predicted molar refractivity (Wildman–Crippen MR) is 116 cm³/mol. The van der Waals surface area contributed by atoms with Crippen molar-refractivity contribution < 1.29 is 4.79 Å². The number of carbonyl (C=O) groups excluding carboxylic acids is 1. The fraction of sp³-hybridized carbons (Fsp3) is 0.429. The first kappa shape index (κ1) is 18.8. The molecule has 1 N–H and O–H groups in total. The average Bonchev–Trinajstić information content (AvgIpc) is 3.35. The molecule has 0 aromatic carbocycles. The minimum absolute atomic E-state index is 0.0337. The van der Waals surface area contributed by atoms with Crippen molar-refractivity contribution in [3.8, 4) is 0 Å². The van der Waals surface area contributed by atoms with Gasteiger partial charge in [-0.3, -0.25) is 14.6 Å². The highest BCUT2D eigenvalue weighted by molar-refractivity contribution is 7.99. The molecule has 0 aliphatic heterocycles. The van der Waals surface area contributed by atoms with E-state index >= 15 is 0 Å². The van der Waals surface area contributed by atoms with Crippen LogP contribution in [-0.2, 0) is 29.9 Å². The summed E-state index contributed by atoms with van der Waals surface area (Å²) in [6.45, 7) is 0.633. The van der Waals surface area contributed by atoms with Gasteiger partial charge < -0.3 is 9.88 Å². The van der Waals surface area contributed by atoms with Crippen LogP contribution in [0, 0.1) is 0 Å². The summed E-state index contributed by atoms with van der Waals surface area (Å²) in [7, 11) is 0. The number of pyridine rings is 1. The van der Waals surface area contributed by atoms with E-state index in [2.05, 4.69) is 15.0 Å². The molecular formula is C21H22N4O2S2. The first-order valence-electron chi connectivity index (χ1n) is 9.98. The van der Waals surface area contributed by atoms with Crippen LogP contribution < -0.4 is 5.56 Å². The smallest absolute Gasteiger partial charge is 0.259 e. The SMILES string of the molecule is O=C(CSCc1nc2sc3c(c2c(=O)[nH]1)CCC3)N(Cc1ccncc1)C1CC1. The molecule has 0 atom stereocenters. The number of aryl methyl sites for hydroxylation is 2. The Morgan fingerprint density at radius 2 is 2.10 bits per heavy atom. The highest BCUT2D eigenvalue weighted by Crippen LogP contribution is 2.34. The van der Waals surface area contributed by atoms with Gasteiger partial charge in [-0.25, -0.2) is 4.98 Å². The van der Waals surface area contributed by atoms with Crippen molar-refractivity contribution in [1.82, 2.24) is 19.9 Å². The molecule has 29 heavy (non-hydrogen) atoms. The second-order valence-corrected chi connectivity index (χ2v) is 9.72. The average molecular weight is 427 g/mol. The van der Waals surface area contributed by atoms with Gasteiger partial charge in [0.15, 0.2) is 0 Å². The molecule has 3 heterocycles. The zero-order valence-corrected chi connectivity index (χ0v) is 17.7. The minimum atomic E-state index is -0.0337. The third-order valence-corrected chi connectivity index (χ3v) is 7.61. The zero-order chi connectivity index (χ0) is 19.8. The van der Waals surface area contributed by atoms with Gasteiger partial charge >= 0.3 is 0 Å². The number of aromatic amines is 1. The Kier molecular flexibility index (Phi) is 5.13. The predicted octanol–water partition coefficient (Wildman–Crippen LogP) is 3.29. The molecule has 150 valence electrons. The van der Waals surface area contributed by atoms with E-state index in [1.807, 2.05) is 17.0 Å². The summed E-state index contributed by atoms with van der Waals surface area (Å²) in [6, 6.07) is 4.27. The molecule has 5 rings (SSSR count). The van der Waals surface area contributed by atoms with Crippen LogP contribution in [0.15, 0.2) is 29.3 Å². The van der Waals surface area contributed by atoms with Crippen molar-refractivity contribution in [2.45, 2.75) is 50.4 Å². The molecule has 3 aromatic heterocycles. The summed E-state index contributed by atoms with van der Waals surface area (Å²) < 4.78 is 0. The van der Waals surface area contributed by atoms with Gasteiger partial charge in [-0.15, -0.1) is 23.1 Å². The topological polar surface area (TPSA) is 79.0 Å². The van der Waals surface area contributed by atoms with Gasteiger partial charge in [0, 0.05) is 29.9 Å². The van der Waals surface area contributed by atoms with Crippen molar-refractivity contribution >= 4 is 39.2 Å². The Hall–Kier alpha value is -2.19. The Morgan fingerprint density at radius 1 is 1.28 bits per heavy atom. The van der Waals surface area contributed by atoms with Crippen LogP contribution >= 0.6 is 23.1 Å². The van der Waals surface area contributed by atoms with Crippen molar-refractivity contribution in [3.63, 3.8) is 0 Å². The lowest BCUT2D eigenvalue weighted by Crippen LogP contribution is -2.34. The van der Waals surface area contributed by atoms with Gasteiger partial charge in [0.05, 0.1) is 16.9 Å². The summed E-state index contributed by atoms with van der Waals surface area (Å²) in [5.41, 5.74) is 2.27. The number of thiophene rings is 1. The standard InChI is InChI=1S/C21H22N4O2S2/c26-18(25(14-4-5-14)10-13-6-8-22-9-7-13)12-28-11-17-23-20(27)19-15-2-1-3-16(15)29-21(19)24-17/h6-9,14H,1-5,10-12H2,(H,23,24,27). The third kappa shape index (κ3) is 3.96. The van der Waals surface area contributed by atoms with Crippen molar-refractivity contribution in [3.05, 3.63) is 56.7 Å². The Morgan fingerprint density at radius 3 is 2.90 bits per heavy atom. The number of amides is 1. The van der Waals surface area contributed by atoms with Gasteiger partial charge in [0.1, 0.15) is 10.7 Å². The summed E-state index contributed by atoms with van der Waals surface area (Å²) in [4.78, 5) is 41.1. The normalized spacial score (nSPS) is 15.6.